The number of rotatable bonds is 12. The fraction of sp³-hybridized carbons (Fsp3) is 0.714. The van der Waals surface area contributed by atoms with E-state index >= 15 is 0 Å². The molecular weight excluding hydrogens is 316 g/mol. The molecule has 0 bridgehead atoms. The van der Waals surface area contributed by atoms with Crippen molar-refractivity contribution in [3.63, 3.8) is 0 Å². The molecule has 0 rings (SSSR count). The van der Waals surface area contributed by atoms with E-state index in [2.05, 4.69) is 39.8 Å². The smallest absolute Gasteiger partial charge is 0.306 e. The summed E-state index contributed by atoms with van der Waals surface area (Å²) in [5.41, 5.74) is 1.89. The molecule has 0 heterocycles. The lowest BCUT2D eigenvalue weighted by Gasteiger charge is -2.33. The van der Waals surface area contributed by atoms with Crippen LogP contribution in [0, 0.1) is 5.41 Å². The van der Waals surface area contributed by atoms with E-state index in [9.17, 15) is 9.59 Å². The van der Waals surface area contributed by atoms with Gasteiger partial charge in [-0.05, 0) is 58.8 Å². The Morgan fingerprint density at radius 3 is 1.36 bits per heavy atom. The molecule has 0 aromatic heterocycles. The summed E-state index contributed by atoms with van der Waals surface area (Å²) in [6, 6.07) is 0. The summed E-state index contributed by atoms with van der Waals surface area (Å²) < 4.78 is 10.4. The van der Waals surface area contributed by atoms with E-state index < -0.39 is 5.41 Å². The van der Waals surface area contributed by atoms with Crippen molar-refractivity contribution in [2.75, 3.05) is 13.2 Å². The predicted molar refractivity (Wildman–Crippen MR) is 102 cm³/mol. The zero-order chi connectivity index (χ0) is 19.3. The number of allylic oxidation sites excluding steroid dienone is 4. The quantitative estimate of drug-likeness (QED) is 0.350. The molecule has 0 unspecified atom stereocenters. The molecule has 4 nitrogen and oxygen atoms in total. The Hall–Kier alpha value is -1.58. The average Bonchev–Trinajstić information content (AvgIpc) is 2.47. The molecule has 0 saturated heterocycles. The predicted octanol–water partition coefficient (Wildman–Crippen LogP) is 5.37. The maximum absolute atomic E-state index is 12.3. The van der Waals surface area contributed by atoms with Gasteiger partial charge in [0.1, 0.15) is 0 Å². The van der Waals surface area contributed by atoms with Crippen LogP contribution < -0.4 is 0 Å². The van der Waals surface area contributed by atoms with E-state index in [0.29, 0.717) is 26.1 Å². The van der Waals surface area contributed by atoms with Crippen LogP contribution in [0.2, 0.25) is 0 Å². The van der Waals surface area contributed by atoms with Crippen LogP contribution in [0.1, 0.15) is 80.1 Å². The second-order valence-electron chi connectivity index (χ2n) is 6.73. The van der Waals surface area contributed by atoms with Crippen LogP contribution in [0.5, 0.6) is 0 Å². The minimum atomic E-state index is -0.496. The molecule has 0 amide bonds. The summed E-state index contributed by atoms with van der Waals surface area (Å²) in [7, 11) is 0. The van der Waals surface area contributed by atoms with Crippen molar-refractivity contribution in [3.8, 4) is 0 Å². The van der Waals surface area contributed by atoms with Gasteiger partial charge in [-0.25, -0.2) is 0 Å². The second kappa shape index (κ2) is 12.7. The van der Waals surface area contributed by atoms with E-state index in [1.54, 1.807) is 13.8 Å². The Bertz CT molecular complexity index is 430. The SMILES string of the molecule is CCC=C(C)CC(CC(=O)OCC)(CC(=O)OCC)CC(C)=CCC. The van der Waals surface area contributed by atoms with Crippen LogP contribution in [0.15, 0.2) is 23.3 Å². The zero-order valence-electron chi connectivity index (χ0n) is 16.9. The van der Waals surface area contributed by atoms with Crippen molar-refractivity contribution >= 4 is 11.9 Å². The number of ether oxygens (including phenoxy) is 2. The molecule has 0 N–H and O–H groups in total. The highest BCUT2D eigenvalue weighted by atomic mass is 16.5. The topological polar surface area (TPSA) is 52.6 Å². The first kappa shape index (κ1) is 23.4. The van der Waals surface area contributed by atoms with Crippen LogP contribution in [0.4, 0.5) is 0 Å². The molecule has 0 atom stereocenters. The highest BCUT2D eigenvalue weighted by Crippen LogP contribution is 2.41. The lowest BCUT2D eigenvalue weighted by atomic mass is 9.71. The molecule has 0 aromatic carbocycles. The van der Waals surface area contributed by atoms with E-state index in [4.69, 9.17) is 9.47 Å². The van der Waals surface area contributed by atoms with Crippen molar-refractivity contribution in [2.45, 2.75) is 80.1 Å². The molecule has 0 aliphatic rings. The van der Waals surface area contributed by atoms with Gasteiger partial charge in [-0.1, -0.05) is 37.1 Å². The highest BCUT2D eigenvalue weighted by molar-refractivity contribution is 5.74. The number of carbonyl (C=O) groups is 2. The Kier molecular flexibility index (Phi) is 11.9. The molecule has 0 fully saturated rings. The molecule has 0 aromatic rings. The normalized spacial score (nSPS) is 12.9. The second-order valence-corrected chi connectivity index (χ2v) is 6.73. The fourth-order valence-electron chi connectivity index (χ4n) is 3.44. The largest absolute Gasteiger partial charge is 0.466 e. The van der Waals surface area contributed by atoms with Gasteiger partial charge in [-0.3, -0.25) is 9.59 Å². The number of hydrogen-bond acceptors (Lipinski definition) is 4. The Morgan fingerprint density at radius 1 is 0.720 bits per heavy atom. The van der Waals surface area contributed by atoms with Crippen LogP contribution >= 0.6 is 0 Å². The summed E-state index contributed by atoms with van der Waals surface area (Å²) in [5, 5.41) is 0. The van der Waals surface area contributed by atoms with Gasteiger partial charge in [-0.2, -0.15) is 0 Å². The van der Waals surface area contributed by atoms with Crippen molar-refractivity contribution in [1.82, 2.24) is 0 Å². The van der Waals surface area contributed by atoms with Crippen molar-refractivity contribution in [1.29, 1.82) is 0 Å². The third-order valence-electron chi connectivity index (χ3n) is 4.06. The summed E-state index contributed by atoms with van der Waals surface area (Å²) in [4.78, 5) is 24.5. The van der Waals surface area contributed by atoms with E-state index in [1.807, 2.05) is 0 Å². The van der Waals surface area contributed by atoms with Gasteiger partial charge in [0.25, 0.3) is 0 Å². The first-order valence-electron chi connectivity index (χ1n) is 9.44. The van der Waals surface area contributed by atoms with E-state index in [0.717, 1.165) is 12.8 Å². The molecule has 0 aliphatic heterocycles. The van der Waals surface area contributed by atoms with Crippen molar-refractivity contribution in [2.24, 2.45) is 5.41 Å². The van der Waals surface area contributed by atoms with Gasteiger partial charge < -0.3 is 9.47 Å². The van der Waals surface area contributed by atoms with Gasteiger partial charge in [0.2, 0.25) is 0 Å². The van der Waals surface area contributed by atoms with Crippen LogP contribution in [0.25, 0.3) is 0 Å². The first-order chi connectivity index (χ1) is 11.8. The Labute approximate surface area is 153 Å². The van der Waals surface area contributed by atoms with Crippen LogP contribution in [0.3, 0.4) is 0 Å². The van der Waals surface area contributed by atoms with Crippen LogP contribution in [-0.4, -0.2) is 25.2 Å². The highest BCUT2D eigenvalue weighted by Gasteiger charge is 2.36. The maximum atomic E-state index is 12.3. The fourth-order valence-corrected chi connectivity index (χ4v) is 3.44. The molecule has 4 heteroatoms. The minimum Gasteiger partial charge on any atom is -0.466 e. The van der Waals surface area contributed by atoms with Gasteiger partial charge in [0.15, 0.2) is 0 Å². The molecule has 144 valence electrons. The first-order valence-corrected chi connectivity index (χ1v) is 9.44. The molecule has 0 saturated carbocycles. The third-order valence-corrected chi connectivity index (χ3v) is 4.06. The zero-order valence-corrected chi connectivity index (χ0v) is 16.9. The van der Waals surface area contributed by atoms with Crippen LogP contribution in [-0.2, 0) is 19.1 Å². The maximum Gasteiger partial charge on any atom is 0.306 e. The standard InChI is InChI=1S/C21H36O4/c1-7-11-17(5)13-21(14-18(6)12-8-2,15-19(22)24-9-3)16-20(23)25-10-4/h11-12H,7-10,13-16H2,1-6H3. The van der Waals surface area contributed by atoms with Gasteiger partial charge in [0.05, 0.1) is 26.1 Å². The number of carbonyl (C=O) groups excluding carboxylic acids is 2. The Morgan fingerprint density at radius 2 is 1.08 bits per heavy atom. The Balaban J connectivity index is 5.71. The third kappa shape index (κ3) is 10.1. The molecule has 0 aliphatic carbocycles. The summed E-state index contributed by atoms with van der Waals surface area (Å²) in [5.74, 6) is -0.499. The van der Waals surface area contributed by atoms with Gasteiger partial charge in [0, 0.05) is 0 Å². The summed E-state index contributed by atoms with van der Waals surface area (Å²) in [6.45, 7) is 12.6. The summed E-state index contributed by atoms with van der Waals surface area (Å²) >= 11 is 0. The number of esters is 2. The minimum absolute atomic E-state index is 0.226. The molecule has 0 radical (unpaired) electrons. The summed E-state index contributed by atoms with van der Waals surface area (Å²) in [6.07, 6.45) is 8.01. The van der Waals surface area contributed by atoms with E-state index in [1.165, 1.54) is 11.1 Å². The van der Waals surface area contributed by atoms with E-state index in [-0.39, 0.29) is 24.8 Å². The molecule has 0 spiro atoms. The van der Waals surface area contributed by atoms with Gasteiger partial charge >= 0.3 is 11.9 Å². The van der Waals surface area contributed by atoms with Crippen molar-refractivity contribution in [3.05, 3.63) is 23.3 Å². The molecular formula is C21H36O4. The monoisotopic (exact) mass is 352 g/mol. The lowest BCUT2D eigenvalue weighted by molar-refractivity contribution is -0.150. The molecule has 25 heavy (non-hydrogen) atoms. The van der Waals surface area contributed by atoms with Gasteiger partial charge in [-0.15, -0.1) is 0 Å². The average molecular weight is 353 g/mol. The van der Waals surface area contributed by atoms with Crippen molar-refractivity contribution < 1.29 is 19.1 Å². The lowest BCUT2D eigenvalue weighted by Crippen LogP contribution is -2.30. The number of hydrogen-bond donors (Lipinski definition) is 0.